The molecule has 2 heterocycles. The summed E-state index contributed by atoms with van der Waals surface area (Å²) in [4.78, 5) is 15.0. The summed E-state index contributed by atoms with van der Waals surface area (Å²) in [5.74, 6) is 0.169. The Kier molecular flexibility index (Phi) is 5.18. The summed E-state index contributed by atoms with van der Waals surface area (Å²) in [7, 11) is 0. The van der Waals surface area contributed by atoms with Gasteiger partial charge in [-0.2, -0.15) is 4.68 Å². The van der Waals surface area contributed by atoms with Crippen LogP contribution < -0.4 is 0 Å². The first kappa shape index (κ1) is 17.0. The molecule has 1 aliphatic heterocycles. The summed E-state index contributed by atoms with van der Waals surface area (Å²) in [5, 5.41) is 12.3. The van der Waals surface area contributed by atoms with Crippen molar-refractivity contribution in [3.05, 3.63) is 30.3 Å². The number of thioether (sulfide) groups is 1. The van der Waals surface area contributed by atoms with E-state index in [0.29, 0.717) is 17.2 Å². The lowest BCUT2D eigenvalue weighted by Gasteiger charge is -2.40. The van der Waals surface area contributed by atoms with Crippen LogP contribution in [0.5, 0.6) is 0 Å². The highest BCUT2D eigenvalue weighted by Crippen LogP contribution is 2.29. The number of carbonyl (C=O) groups is 1. The van der Waals surface area contributed by atoms with Crippen LogP contribution in [0.1, 0.15) is 40.0 Å². The van der Waals surface area contributed by atoms with Crippen LogP contribution in [0.25, 0.3) is 5.69 Å². The topological polar surface area (TPSA) is 63.9 Å². The zero-order valence-electron chi connectivity index (χ0n) is 14.3. The Morgan fingerprint density at radius 1 is 1.21 bits per heavy atom. The molecule has 0 spiro atoms. The van der Waals surface area contributed by atoms with E-state index in [2.05, 4.69) is 29.4 Å². The highest BCUT2D eigenvalue weighted by atomic mass is 32.2. The third kappa shape index (κ3) is 3.45. The Bertz CT molecular complexity index is 679. The predicted molar refractivity (Wildman–Crippen MR) is 94.1 cm³/mol. The van der Waals surface area contributed by atoms with E-state index in [1.165, 1.54) is 18.2 Å². The number of tetrazole rings is 1. The molecule has 0 unspecified atom stereocenters. The zero-order chi connectivity index (χ0) is 17.1. The fourth-order valence-electron chi connectivity index (χ4n) is 3.26. The number of rotatable bonds is 4. The van der Waals surface area contributed by atoms with Crippen molar-refractivity contribution in [1.82, 2.24) is 25.1 Å². The van der Waals surface area contributed by atoms with Gasteiger partial charge in [0.25, 0.3) is 0 Å². The van der Waals surface area contributed by atoms with Gasteiger partial charge in [0.2, 0.25) is 11.1 Å². The third-order valence-corrected chi connectivity index (χ3v) is 5.54. The van der Waals surface area contributed by atoms with Crippen molar-refractivity contribution in [3.63, 3.8) is 0 Å². The standard InChI is InChI=1S/C17H23N5OS/c1-12-8-7-9-13(2)21(12)16(23)14(3)24-17-18-19-20-22(17)15-10-5-4-6-11-15/h4-6,10-14H,7-9H2,1-3H3/t12-,13+,14-/m1/s1. The smallest absolute Gasteiger partial charge is 0.236 e. The van der Waals surface area contributed by atoms with Crippen LogP contribution in [0.4, 0.5) is 0 Å². The van der Waals surface area contributed by atoms with E-state index in [-0.39, 0.29) is 11.2 Å². The Labute approximate surface area is 146 Å². The second-order valence-corrected chi connectivity index (χ2v) is 7.65. The van der Waals surface area contributed by atoms with Gasteiger partial charge in [-0.3, -0.25) is 4.79 Å². The van der Waals surface area contributed by atoms with Crippen molar-refractivity contribution in [2.24, 2.45) is 0 Å². The van der Waals surface area contributed by atoms with Crippen LogP contribution in [-0.4, -0.2) is 48.3 Å². The van der Waals surface area contributed by atoms with Crippen molar-refractivity contribution < 1.29 is 4.79 Å². The number of piperidine rings is 1. The average molecular weight is 345 g/mol. The first-order valence-electron chi connectivity index (χ1n) is 8.40. The van der Waals surface area contributed by atoms with E-state index in [0.717, 1.165) is 18.5 Å². The summed E-state index contributed by atoms with van der Waals surface area (Å²) in [6.45, 7) is 6.21. The maximum Gasteiger partial charge on any atom is 0.236 e. The molecular weight excluding hydrogens is 322 g/mol. The SMILES string of the molecule is C[C@@H]1CCC[C@H](C)N1C(=O)[C@@H](C)Sc1nnnn1-c1ccccc1. The van der Waals surface area contributed by atoms with E-state index >= 15 is 0 Å². The lowest BCUT2D eigenvalue weighted by atomic mass is 9.97. The molecule has 128 valence electrons. The number of hydrogen-bond acceptors (Lipinski definition) is 5. The van der Waals surface area contributed by atoms with Crippen molar-refractivity contribution in [2.45, 2.75) is 62.5 Å². The van der Waals surface area contributed by atoms with Crippen molar-refractivity contribution in [2.75, 3.05) is 0 Å². The van der Waals surface area contributed by atoms with Gasteiger partial charge >= 0.3 is 0 Å². The monoisotopic (exact) mass is 345 g/mol. The maximum absolute atomic E-state index is 12.9. The van der Waals surface area contributed by atoms with Gasteiger partial charge in [0.1, 0.15) is 0 Å². The number of aromatic nitrogens is 4. The fraction of sp³-hybridized carbons (Fsp3) is 0.529. The van der Waals surface area contributed by atoms with Gasteiger partial charge < -0.3 is 4.90 Å². The fourth-order valence-corrected chi connectivity index (χ4v) is 4.12. The number of benzene rings is 1. The molecule has 6 nitrogen and oxygen atoms in total. The van der Waals surface area contributed by atoms with Crippen LogP contribution in [0.2, 0.25) is 0 Å². The predicted octanol–water partition coefficient (Wildman–Crippen LogP) is 2.93. The molecule has 1 fully saturated rings. The molecule has 1 saturated heterocycles. The molecule has 0 bridgehead atoms. The van der Waals surface area contributed by atoms with Gasteiger partial charge in [0.05, 0.1) is 10.9 Å². The normalized spacial score (nSPS) is 22.4. The Balaban J connectivity index is 1.75. The molecule has 7 heteroatoms. The van der Waals surface area contributed by atoms with E-state index in [9.17, 15) is 4.79 Å². The number of nitrogens with zero attached hydrogens (tertiary/aromatic N) is 5. The largest absolute Gasteiger partial charge is 0.336 e. The summed E-state index contributed by atoms with van der Waals surface area (Å²) >= 11 is 1.41. The summed E-state index contributed by atoms with van der Waals surface area (Å²) in [6, 6.07) is 10.3. The molecule has 0 saturated carbocycles. The van der Waals surface area contributed by atoms with Gasteiger partial charge in [-0.15, -0.1) is 5.10 Å². The molecule has 3 rings (SSSR count). The van der Waals surface area contributed by atoms with Crippen molar-refractivity contribution >= 4 is 17.7 Å². The summed E-state index contributed by atoms with van der Waals surface area (Å²) in [6.07, 6.45) is 3.35. The number of para-hydroxylation sites is 1. The second-order valence-electron chi connectivity index (χ2n) is 6.34. The van der Waals surface area contributed by atoms with E-state index in [4.69, 9.17) is 0 Å². The Morgan fingerprint density at radius 3 is 2.54 bits per heavy atom. The van der Waals surface area contributed by atoms with Crippen LogP contribution in [0.15, 0.2) is 35.5 Å². The lowest BCUT2D eigenvalue weighted by Crippen LogP contribution is -2.50. The number of amides is 1. The Morgan fingerprint density at radius 2 is 1.88 bits per heavy atom. The molecule has 1 aromatic heterocycles. The Hall–Kier alpha value is -1.89. The van der Waals surface area contributed by atoms with Gasteiger partial charge in [0, 0.05) is 12.1 Å². The van der Waals surface area contributed by atoms with Gasteiger partial charge in [-0.25, -0.2) is 0 Å². The van der Waals surface area contributed by atoms with Crippen LogP contribution in [0.3, 0.4) is 0 Å². The highest BCUT2D eigenvalue weighted by molar-refractivity contribution is 8.00. The maximum atomic E-state index is 12.9. The molecule has 1 amide bonds. The van der Waals surface area contributed by atoms with Gasteiger partial charge in [-0.05, 0) is 62.6 Å². The molecule has 2 aromatic rings. The molecule has 1 aromatic carbocycles. The second kappa shape index (κ2) is 7.34. The number of likely N-dealkylation sites (tertiary alicyclic amines) is 1. The zero-order valence-corrected chi connectivity index (χ0v) is 15.1. The van der Waals surface area contributed by atoms with E-state index in [1.54, 1.807) is 4.68 Å². The summed E-state index contributed by atoms with van der Waals surface area (Å²) < 4.78 is 1.68. The molecule has 0 N–H and O–H groups in total. The minimum atomic E-state index is -0.221. The summed E-state index contributed by atoms with van der Waals surface area (Å²) in [5.41, 5.74) is 0.893. The van der Waals surface area contributed by atoms with Crippen molar-refractivity contribution in [3.8, 4) is 5.69 Å². The number of carbonyl (C=O) groups excluding carboxylic acids is 1. The average Bonchev–Trinajstić information content (AvgIpc) is 3.03. The molecule has 3 atom stereocenters. The van der Waals surface area contributed by atoms with Gasteiger partial charge in [-0.1, -0.05) is 30.0 Å². The highest BCUT2D eigenvalue weighted by Gasteiger charge is 2.32. The van der Waals surface area contributed by atoms with Crippen molar-refractivity contribution in [1.29, 1.82) is 0 Å². The first-order chi connectivity index (χ1) is 11.6. The minimum absolute atomic E-state index is 0.169. The molecule has 0 aliphatic carbocycles. The van der Waals surface area contributed by atoms with Crippen LogP contribution in [0, 0.1) is 0 Å². The van der Waals surface area contributed by atoms with Crippen LogP contribution in [-0.2, 0) is 4.79 Å². The van der Waals surface area contributed by atoms with E-state index < -0.39 is 0 Å². The minimum Gasteiger partial charge on any atom is -0.336 e. The number of hydrogen-bond donors (Lipinski definition) is 0. The lowest BCUT2D eigenvalue weighted by molar-refractivity contribution is -0.136. The molecule has 1 aliphatic rings. The van der Waals surface area contributed by atoms with Crippen LogP contribution >= 0.6 is 11.8 Å². The molecular formula is C17H23N5OS. The van der Waals surface area contributed by atoms with E-state index in [1.807, 2.05) is 42.2 Å². The molecule has 0 radical (unpaired) electrons. The third-order valence-electron chi connectivity index (χ3n) is 4.52. The first-order valence-corrected chi connectivity index (χ1v) is 9.28. The quantitative estimate of drug-likeness (QED) is 0.797. The molecule has 24 heavy (non-hydrogen) atoms. The van der Waals surface area contributed by atoms with Gasteiger partial charge in [0.15, 0.2) is 0 Å².